The third-order valence-electron chi connectivity index (χ3n) is 5.18. The second-order valence-corrected chi connectivity index (χ2v) is 6.76. The minimum absolute atomic E-state index is 0. The number of piperazine rings is 1. The summed E-state index contributed by atoms with van der Waals surface area (Å²) >= 11 is 0. The molecule has 2 saturated heterocycles. The lowest BCUT2D eigenvalue weighted by molar-refractivity contribution is -0.135. The van der Waals surface area contributed by atoms with Gasteiger partial charge in [0.1, 0.15) is 0 Å². The molecule has 2 aliphatic heterocycles. The first-order valence-electron chi connectivity index (χ1n) is 9.18. The average molecular weight is 475 g/mol. The Morgan fingerprint density at radius 2 is 1.88 bits per heavy atom. The molecule has 26 heavy (non-hydrogen) atoms. The second-order valence-electron chi connectivity index (χ2n) is 6.76. The van der Waals surface area contributed by atoms with E-state index in [1.807, 2.05) is 24.9 Å². The number of carbonyl (C=O) groups excluding carboxylic acids is 1. The minimum atomic E-state index is -0.0267. The van der Waals surface area contributed by atoms with Crippen LogP contribution < -0.4 is 5.32 Å². The third-order valence-corrected chi connectivity index (χ3v) is 5.18. The zero-order valence-corrected chi connectivity index (χ0v) is 18.0. The fourth-order valence-electron chi connectivity index (χ4n) is 3.59. The van der Waals surface area contributed by atoms with Crippen LogP contribution >= 0.6 is 24.0 Å². The van der Waals surface area contributed by atoms with Crippen LogP contribution in [0.25, 0.3) is 0 Å². The van der Waals surface area contributed by atoms with Crippen LogP contribution in [-0.4, -0.2) is 78.9 Å². The molecule has 0 aliphatic carbocycles. The van der Waals surface area contributed by atoms with Gasteiger partial charge < -0.3 is 19.5 Å². The molecule has 0 radical (unpaired) electrons. The molecule has 3 heterocycles. The van der Waals surface area contributed by atoms with Gasteiger partial charge in [-0.2, -0.15) is 0 Å². The number of likely N-dealkylation sites (tertiary alicyclic amines) is 1. The van der Waals surface area contributed by atoms with E-state index in [-0.39, 0.29) is 35.9 Å². The Balaban J connectivity index is 0.00000243. The molecule has 146 valence electrons. The van der Waals surface area contributed by atoms with Crippen molar-refractivity contribution in [1.29, 1.82) is 0 Å². The highest BCUT2D eigenvalue weighted by Gasteiger charge is 2.30. The van der Waals surface area contributed by atoms with E-state index in [0.717, 1.165) is 63.6 Å². The molecule has 2 fully saturated rings. The van der Waals surface area contributed by atoms with Gasteiger partial charge in [-0.15, -0.1) is 24.0 Å². The largest absolute Gasteiger partial charge is 0.472 e. The zero-order chi connectivity index (χ0) is 17.6. The zero-order valence-electron chi connectivity index (χ0n) is 15.7. The Morgan fingerprint density at radius 1 is 1.19 bits per heavy atom. The van der Waals surface area contributed by atoms with Gasteiger partial charge in [-0.3, -0.25) is 14.7 Å². The topological polar surface area (TPSA) is 64.3 Å². The fourth-order valence-corrected chi connectivity index (χ4v) is 3.59. The quantitative estimate of drug-likeness (QED) is 0.407. The predicted octanol–water partition coefficient (Wildman–Crippen LogP) is 1.60. The van der Waals surface area contributed by atoms with E-state index in [9.17, 15) is 4.79 Å². The highest BCUT2D eigenvalue weighted by atomic mass is 127. The molecule has 1 unspecified atom stereocenters. The Morgan fingerprint density at radius 3 is 2.46 bits per heavy atom. The molecule has 8 heteroatoms. The minimum Gasteiger partial charge on any atom is -0.472 e. The smallest absolute Gasteiger partial charge is 0.239 e. The van der Waals surface area contributed by atoms with Gasteiger partial charge >= 0.3 is 0 Å². The van der Waals surface area contributed by atoms with Gasteiger partial charge in [0.15, 0.2) is 5.96 Å². The lowest BCUT2D eigenvalue weighted by atomic mass is 10.2. The van der Waals surface area contributed by atoms with Gasteiger partial charge in [-0.25, -0.2) is 0 Å². The highest BCUT2D eigenvalue weighted by molar-refractivity contribution is 14.0. The van der Waals surface area contributed by atoms with Crippen LogP contribution in [0.1, 0.15) is 25.3 Å². The number of hydrogen-bond donors (Lipinski definition) is 1. The van der Waals surface area contributed by atoms with Gasteiger partial charge in [-0.1, -0.05) is 0 Å². The first-order valence-corrected chi connectivity index (χ1v) is 9.18. The number of furan rings is 1. The van der Waals surface area contributed by atoms with E-state index in [0.29, 0.717) is 6.54 Å². The molecule has 0 bridgehead atoms. The van der Waals surface area contributed by atoms with Crippen molar-refractivity contribution in [1.82, 2.24) is 20.0 Å². The highest BCUT2D eigenvalue weighted by Crippen LogP contribution is 2.14. The van der Waals surface area contributed by atoms with Crippen molar-refractivity contribution in [3.05, 3.63) is 24.2 Å². The summed E-state index contributed by atoms with van der Waals surface area (Å²) in [4.78, 5) is 23.5. The number of rotatable bonds is 4. The number of carbonyl (C=O) groups is 1. The summed E-state index contributed by atoms with van der Waals surface area (Å²) in [6, 6.07) is 1.92. The summed E-state index contributed by atoms with van der Waals surface area (Å²) in [5.41, 5.74) is 1.10. The number of hydrogen-bond acceptors (Lipinski definition) is 4. The molecular formula is C18H30IN5O2. The van der Waals surface area contributed by atoms with Gasteiger partial charge in [0.2, 0.25) is 5.91 Å². The molecule has 1 N–H and O–H groups in total. The first-order chi connectivity index (χ1) is 12.2. The number of nitrogens with one attached hydrogen (secondary N) is 1. The van der Waals surface area contributed by atoms with Gasteiger partial charge in [-0.05, 0) is 25.8 Å². The van der Waals surface area contributed by atoms with Crippen LogP contribution in [0, 0.1) is 0 Å². The second kappa shape index (κ2) is 10.1. The molecule has 1 atom stereocenters. The lowest BCUT2D eigenvalue weighted by Crippen LogP contribution is -2.57. The van der Waals surface area contributed by atoms with Crippen molar-refractivity contribution in [2.75, 3.05) is 46.3 Å². The van der Waals surface area contributed by atoms with Crippen molar-refractivity contribution in [2.45, 2.75) is 32.4 Å². The molecule has 1 amide bonds. The molecule has 3 rings (SSSR count). The Hall–Kier alpha value is -1.29. The molecule has 1 aromatic heterocycles. The number of amides is 1. The SMILES string of the molecule is CN=C(NCc1ccoc1)N1CCN(C(C)C(=O)N2CCCC2)CC1.I. The van der Waals surface area contributed by atoms with Crippen molar-refractivity contribution in [3.8, 4) is 0 Å². The van der Waals surface area contributed by atoms with Crippen LogP contribution in [0.3, 0.4) is 0 Å². The van der Waals surface area contributed by atoms with Crippen molar-refractivity contribution in [3.63, 3.8) is 0 Å². The summed E-state index contributed by atoms with van der Waals surface area (Å²) in [6.45, 7) is 8.11. The third kappa shape index (κ3) is 5.12. The van der Waals surface area contributed by atoms with E-state index in [2.05, 4.69) is 20.1 Å². The summed E-state index contributed by atoms with van der Waals surface area (Å²) < 4.78 is 5.09. The van der Waals surface area contributed by atoms with Crippen molar-refractivity contribution >= 4 is 35.8 Å². The first kappa shape index (κ1) is 21.0. The maximum absolute atomic E-state index is 12.6. The number of aliphatic imine (C=N–C) groups is 1. The molecule has 7 nitrogen and oxygen atoms in total. The number of nitrogens with zero attached hydrogens (tertiary/aromatic N) is 4. The fraction of sp³-hybridized carbons (Fsp3) is 0.667. The van der Waals surface area contributed by atoms with Crippen molar-refractivity contribution < 1.29 is 9.21 Å². The standard InChI is InChI=1S/C18H29N5O2.HI/c1-15(17(24)22-6-3-4-7-22)21-8-10-23(11-9-21)18(19-2)20-13-16-5-12-25-14-16;/h5,12,14-15H,3-4,6-11,13H2,1-2H3,(H,19,20);1H. The Kier molecular flexibility index (Phi) is 8.20. The van der Waals surface area contributed by atoms with Crippen LogP contribution in [0.15, 0.2) is 28.0 Å². The maximum atomic E-state index is 12.6. The maximum Gasteiger partial charge on any atom is 0.239 e. The van der Waals surface area contributed by atoms with Gasteiger partial charge in [0, 0.05) is 58.4 Å². The van der Waals surface area contributed by atoms with Crippen LogP contribution in [0.5, 0.6) is 0 Å². The summed E-state index contributed by atoms with van der Waals surface area (Å²) in [6.07, 6.45) is 5.71. The number of halogens is 1. The molecule has 2 aliphatic rings. The van der Waals surface area contributed by atoms with E-state index in [1.165, 1.54) is 0 Å². The predicted molar refractivity (Wildman–Crippen MR) is 113 cm³/mol. The van der Waals surface area contributed by atoms with Crippen LogP contribution in [0.2, 0.25) is 0 Å². The summed E-state index contributed by atoms with van der Waals surface area (Å²) in [5, 5.41) is 3.38. The molecule has 0 spiro atoms. The Labute approximate surface area is 172 Å². The van der Waals surface area contributed by atoms with Crippen LogP contribution in [-0.2, 0) is 11.3 Å². The van der Waals surface area contributed by atoms with E-state index in [4.69, 9.17) is 4.42 Å². The lowest BCUT2D eigenvalue weighted by Gasteiger charge is -2.39. The van der Waals surface area contributed by atoms with Crippen LogP contribution in [0.4, 0.5) is 0 Å². The normalized spacial score (nSPS) is 20.0. The molecular weight excluding hydrogens is 445 g/mol. The monoisotopic (exact) mass is 475 g/mol. The van der Waals surface area contributed by atoms with Gasteiger partial charge in [0.05, 0.1) is 18.6 Å². The molecule has 0 saturated carbocycles. The van der Waals surface area contributed by atoms with E-state index >= 15 is 0 Å². The molecule has 1 aromatic rings. The van der Waals surface area contributed by atoms with Gasteiger partial charge in [0.25, 0.3) is 0 Å². The summed E-state index contributed by atoms with van der Waals surface area (Å²) in [7, 11) is 1.81. The average Bonchev–Trinajstić information content (AvgIpc) is 3.35. The van der Waals surface area contributed by atoms with E-state index < -0.39 is 0 Å². The number of guanidine groups is 1. The molecule has 0 aromatic carbocycles. The Bertz CT molecular complexity index is 578. The summed E-state index contributed by atoms with van der Waals surface area (Å²) in [5.74, 6) is 1.19. The van der Waals surface area contributed by atoms with E-state index in [1.54, 1.807) is 12.5 Å². The van der Waals surface area contributed by atoms with Crippen molar-refractivity contribution in [2.24, 2.45) is 4.99 Å².